The van der Waals surface area contributed by atoms with Crippen LogP contribution in [0.4, 0.5) is 19.0 Å². The van der Waals surface area contributed by atoms with Crippen LogP contribution in [0.3, 0.4) is 0 Å². The molecule has 0 radical (unpaired) electrons. The second-order valence-corrected chi connectivity index (χ2v) is 11.2. The average molecular weight is 523 g/mol. The van der Waals surface area contributed by atoms with E-state index in [4.69, 9.17) is 10.7 Å². The van der Waals surface area contributed by atoms with Gasteiger partial charge >= 0.3 is 6.36 Å². The summed E-state index contributed by atoms with van der Waals surface area (Å²) >= 11 is 0. The number of imidazole rings is 1. The van der Waals surface area contributed by atoms with Crippen molar-refractivity contribution in [2.24, 2.45) is 11.8 Å². The highest BCUT2D eigenvalue weighted by Gasteiger charge is 2.59. The zero-order valence-corrected chi connectivity index (χ0v) is 21.7. The number of halogens is 3. The molecule has 4 aliphatic rings. The van der Waals surface area contributed by atoms with E-state index in [0.29, 0.717) is 23.0 Å². The Bertz CT molecular complexity index is 1110. The fourth-order valence-electron chi connectivity index (χ4n) is 6.52. The molecule has 1 saturated heterocycles. The molecule has 1 aliphatic heterocycles. The lowest BCUT2D eigenvalue weighted by molar-refractivity contribution is -0.274. The SMILES string of the molecule is CCCN1CCN(C23CC(C2)[C@@H](n2cc(-c4cnc(N)c(OC(F)(F)F)c4)nc2C(O)C(C)C)C3)CC1. The van der Waals surface area contributed by atoms with Crippen LogP contribution < -0.4 is 10.5 Å². The molecule has 8 nitrogen and oxygen atoms in total. The molecule has 2 aromatic rings. The molecular formula is C26H37F3N6O2. The third-order valence-electron chi connectivity index (χ3n) is 8.42. The van der Waals surface area contributed by atoms with E-state index in [9.17, 15) is 18.3 Å². The molecule has 204 valence electrons. The van der Waals surface area contributed by atoms with Gasteiger partial charge in [-0.1, -0.05) is 20.8 Å². The number of aromatic nitrogens is 3. The zero-order valence-electron chi connectivity index (χ0n) is 21.7. The minimum Gasteiger partial charge on any atom is -0.402 e. The number of ether oxygens (including phenoxy) is 1. The van der Waals surface area contributed by atoms with Gasteiger partial charge in [0, 0.05) is 55.7 Å². The first kappa shape index (κ1) is 26.2. The summed E-state index contributed by atoms with van der Waals surface area (Å²) in [6, 6.07) is 1.39. The van der Waals surface area contributed by atoms with E-state index >= 15 is 0 Å². The molecule has 0 aromatic carbocycles. The first-order valence-corrected chi connectivity index (χ1v) is 13.3. The van der Waals surface area contributed by atoms with Crippen LogP contribution in [0.5, 0.6) is 5.75 Å². The number of pyridine rings is 1. The van der Waals surface area contributed by atoms with Crippen LogP contribution in [-0.2, 0) is 0 Å². The van der Waals surface area contributed by atoms with Crippen LogP contribution in [0, 0.1) is 11.8 Å². The van der Waals surface area contributed by atoms with Crippen molar-refractivity contribution in [2.75, 3.05) is 38.5 Å². The molecule has 2 bridgehead atoms. The number of piperazine rings is 1. The van der Waals surface area contributed by atoms with Crippen LogP contribution >= 0.6 is 0 Å². The summed E-state index contributed by atoms with van der Waals surface area (Å²) in [6.07, 6.45) is 1.98. The molecule has 6 rings (SSSR count). The molecule has 0 spiro atoms. The first-order valence-electron chi connectivity index (χ1n) is 13.3. The predicted molar refractivity (Wildman–Crippen MR) is 134 cm³/mol. The van der Waals surface area contributed by atoms with Gasteiger partial charge < -0.3 is 25.0 Å². The molecule has 3 heterocycles. The van der Waals surface area contributed by atoms with Gasteiger partial charge in [0.1, 0.15) is 11.9 Å². The van der Waals surface area contributed by atoms with E-state index in [-0.39, 0.29) is 23.3 Å². The van der Waals surface area contributed by atoms with Crippen molar-refractivity contribution in [1.29, 1.82) is 0 Å². The minimum absolute atomic E-state index is 0.0697. The summed E-state index contributed by atoms with van der Waals surface area (Å²) in [5.74, 6) is 0.0538. The number of rotatable bonds is 8. The van der Waals surface area contributed by atoms with Crippen LogP contribution in [0.25, 0.3) is 11.3 Å². The predicted octanol–water partition coefficient (Wildman–Crippen LogP) is 4.24. The Morgan fingerprint density at radius 2 is 1.89 bits per heavy atom. The summed E-state index contributed by atoms with van der Waals surface area (Å²) < 4.78 is 44.7. The normalized spacial score (nSPS) is 27.5. The molecule has 11 heteroatoms. The van der Waals surface area contributed by atoms with Crippen molar-refractivity contribution in [3.8, 4) is 17.0 Å². The Labute approximate surface area is 215 Å². The fourth-order valence-corrected chi connectivity index (χ4v) is 6.52. The Kier molecular flexibility index (Phi) is 6.91. The van der Waals surface area contributed by atoms with E-state index in [2.05, 4.69) is 31.0 Å². The number of aliphatic hydroxyl groups is 1. The van der Waals surface area contributed by atoms with Gasteiger partial charge in [0.2, 0.25) is 0 Å². The van der Waals surface area contributed by atoms with Crippen molar-refractivity contribution < 1.29 is 23.0 Å². The number of hydrogen-bond donors (Lipinski definition) is 2. The van der Waals surface area contributed by atoms with Crippen molar-refractivity contribution in [2.45, 2.75) is 70.5 Å². The van der Waals surface area contributed by atoms with Crippen molar-refractivity contribution in [3.05, 3.63) is 24.3 Å². The average Bonchev–Trinajstić information content (AvgIpc) is 3.51. The highest BCUT2D eigenvalue weighted by molar-refractivity contribution is 5.64. The lowest BCUT2D eigenvalue weighted by Crippen LogP contribution is -2.59. The third-order valence-corrected chi connectivity index (χ3v) is 8.42. The van der Waals surface area contributed by atoms with Gasteiger partial charge in [0.25, 0.3) is 0 Å². The van der Waals surface area contributed by atoms with Gasteiger partial charge in [-0.15, -0.1) is 13.2 Å². The van der Waals surface area contributed by atoms with E-state index < -0.39 is 18.2 Å². The summed E-state index contributed by atoms with van der Waals surface area (Å²) in [5, 5.41) is 11.0. The number of nitrogen functional groups attached to an aromatic ring is 1. The lowest BCUT2D eigenvalue weighted by Gasteiger charge is -2.50. The van der Waals surface area contributed by atoms with Gasteiger partial charge in [-0.3, -0.25) is 4.90 Å². The molecule has 4 fully saturated rings. The Hall–Kier alpha value is -2.37. The van der Waals surface area contributed by atoms with Gasteiger partial charge in [0.05, 0.1) is 5.69 Å². The molecule has 37 heavy (non-hydrogen) atoms. The second-order valence-electron chi connectivity index (χ2n) is 11.2. The number of anilines is 1. The molecule has 1 unspecified atom stereocenters. The van der Waals surface area contributed by atoms with Gasteiger partial charge in [-0.05, 0) is 50.1 Å². The van der Waals surface area contributed by atoms with E-state index in [1.54, 1.807) is 0 Å². The molecule has 0 amide bonds. The van der Waals surface area contributed by atoms with Crippen LogP contribution in [0.1, 0.15) is 64.4 Å². The topological polar surface area (TPSA) is 92.7 Å². The largest absolute Gasteiger partial charge is 0.573 e. The molecule has 2 aromatic heterocycles. The number of aliphatic hydroxyl groups excluding tert-OH is 1. The first-order chi connectivity index (χ1) is 17.5. The van der Waals surface area contributed by atoms with Gasteiger partial charge in [-0.25, -0.2) is 9.97 Å². The monoisotopic (exact) mass is 522 g/mol. The Balaban J connectivity index is 1.41. The zero-order chi connectivity index (χ0) is 26.5. The summed E-state index contributed by atoms with van der Waals surface area (Å²) in [6.45, 7) is 11.6. The van der Waals surface area contributed by atoms with Crippen LogP contribution in [0.15, 0.2) is 18.5 Å². The molecule has 3 saturated carbocycles. The summed E-state index contributed by atoms with van der Waals surface area (Å²) in [4.78, 5) is 13.8. The molecule has 3 N–H and O–H groups in total. The molecular weight excluding hydrogens is 485 g/mol. The van der Waals surface area contributed by atoms with E-state index in [1.165, 1.54) is 18.7 Å². The minimum atomic E-state index is -4.88. The fraction of sp³-hybridized carbons (Fsp3) is 0.692. The van der Waals surface area contributed by atoms with E-state index in [0.717, 1.165) is 52.0 Å². The third kappa shape index (κ3) is 5.05. The van der Waals surface area contributed by atoms with E-state index in [1.807, 2.05) is 20.0 Å². The summed E-state index contributed by atoms with van der Waals surface area (Å²) in [5.41, 5.74) is 6.61. The smallest absolute Gasteiger partial charge is 0.402 e. The van der Waals surface area contributed by atoms with Crippen LogP contribution in [-0.4, -0.2) is 74.1 Å². The van der Waals surface area contributed by atoms with Crippen molar-refractivity contribution >= 4 is 5.82 Å². The number of alkyl halides is 3. The highest BCUT2D eigenvalue weighted by atomic mass is 19.4. The summed E-state index contributed by atoms with van der Waals surface area (Å²) in [7, 11) is 0. The Morgan fingerprint density at radius 3 is 2.51 bits per heavy atom. The standard InChI is InChI=1S/C26H37F3N6O2/c1-4-5-33-6-8-34(9-7-33)25-11-18(12-25)20(13-25)35-15-19(32-24(35)22(36)16(2)3)17-10-21(23(30)31-14-17)37-26(27,28)29/h10,14-16,18,20,22,36H,4-9,11-13H2,1-3H3,(H2,30,31)/t18?,20-,22?,25?/m0/s1. The number of nitrogens with zero attached hydrogens (tertiary/aromatic N) is 5. The maximum atomic E-state index is 12.9. The quantitative estimate of drug-likeness (QED) is 0.536. The van der Waals surface area contributed by atoms with Crippen LogP contribution in [0.2, 0.25) is 0 Å². The number of hydrogen-bond acceptors (Lipinski definition) is 7. The van der Waals surface area contributed by atoms with Crippen molar-refractivity contribution in [3.63, 3.8) is 0 Å². The highest BCUT2D eigenvalue weighted by Crippen LogP contribution is 2.61. The van der Waals surface area contributed by atoms with Gasteiger partial charge in [-0.2, -0.15) is 0 Å². The lowest BCUT2D eigenvalue weighted by atomic mass is 9.75. The van der Waals surface area contributed by atoms with Crippen molar-refractivity contribution in [1.82, 2.24) is 24.3 Å². The second kappa shape index (κ2) is 9.74. The maximum Gasteiger partial charge on any atom is 0.573 e. The number of fused-ring (bicyclic) bond motifs is 1. The molecule has 2 atom stereocenters. The number of nitrogens with two attached hydrogens (primary N) is 1. The Morgan fingerprint density at radius 1 is 1.19 bits per heavy atom. The molecule has 3 aliphatic carbocycles. The maximum absolute atomic E-state index is 12.9. The van der Waals surface area contributed by atoms with Gasteiger partial charge in [0.15, 0.2) is 11.6 Å².